The number of nitrogens with one attached hydrogen (secondary N) is 1. The van der Waals surface area contributed by atoms with Crippen LogP contribution in [0.5, 0.6) is 0 Å². The molecule has 0 atom stereocenters. The zero-order valence-corrected chi connectivity index (χ0v) is 15.8. The van der Waals surface area contributed by atoms with Gasteiger partial charge in [0.15, 0.2) is 0 Å². The van der Waals surface area contributed by atoms with Gasteiger partial charge >= 0.3 is 0 Å². The average Bonchev–Trinajstić information content (AvgIpc) is 3.41. The van der Waals surface area contributed by atoms with Crippen LogP contribution in [0.2, 0.25) is 0 Å². The molecule has 1 saturated carbocycles. The van der Waals surface area contributed by atoms with E-state index in [0.29, 0.717) is 12.2 Å². The molecule has 5 heteroatoms. The highest BCUT2D eigenvalue weighted by Crippen LogP contribution is 2.31. The molecule has 0 radical (unpaired) electrons. The summed E-state index contributed by atoms with van der Waals surface area (Å²) in [6.07, 6.45) is 10.9. The molecule has 1 fully saturated rings. The van der Waals surface area contributed by atoms with Crippen LogP contribution in [0.4, 0.5) is 5.82 Å². The summed E-state index contributed by atoms with van der Waals surface area (Å²) in [6, 6.07) is 2.06. The van der Waals surface area contributed by atoms with E-state index < -0.39 is 0 Å². The first-order chi connectivity index (χ1) is 12.6. The van der Waals surface area contributed by atoms with Crippen molar-refractivity contribution in [2.24, 2.45) is 5.92 Å². The number of anilines is 1. The normalized spacial score (nSPS) is 16.8. The van der Waals surface area contributed by atoms with Crippen molar-refractivity contribution >= 4 is 11.7 Å². The van der Waals surface area contributed by atoms with Crippen LogP contribution in [0, 0.1) is 19.8 Å². The Morgan fingerprint density at radius 2 is 1.96 bits per heavy atom. The molecule has 0 spiro atoms. The molecule has 2 heterocycles. The zero-order valence-electron chi connectivity index (χ0n) is 15.8. The summed E-state index contributed by atoms with van der Waals surface area (Å²) in [5, 5.41) is 7.63. The summed E-state index contributed by atoms with van der Waals surface area (Å²) in [4.78, 5) is 17.0. The summed E-state index contributed by atoms with van der Waals surface area (Å²) >= 11 is 0. The molecule has 2 aromatic rings. The Balaban J connectivity index is 1.44. The predicted molar refractivity (Wildman–Crippen MR) is 102 cm³/mol. The molecule has 1 amide bonds. The minimum Gasteiger partial charge on any atom is -0.310 e. The summed E-state index contributed by atoms with van der Waals surface area (Å²) in [6.45, 7) is 5.06. The van der Waals surface area contributed by atoms with Gasteiger partial charge in [0.1, 0.15) is 5.82 Å². The van der Waals surface area contributed by atoms with Crippen molar-refractivity contribution in [3.8, 4) is 0 Å². The van der Waals surface area contributed by atoms with Crippen LogP contribution in [0.25, 0.3) is 0 Å². The Morgan fingerprint density at radius 1 is 1.19 bits per heavy atom. The summed E-state index contributed by atoms with van der Waals surface area (Å²) < 4.78 is 2.08. The van der Waals surface area contributed by atoms with Crippen LogP contribution in [0.15, 0.2) is 12.3 Å². The van der Waals surface area contributed by atoms with E-state index in [9.17, 15) is 4.79 Å². The van der Waals surface area contributed by atoms with E-state index in [1.54, 1.807) is 0 Å². The Bertz CT molecular complexity index is 820. The lowest BCUT2D eigenvalue weighted by molar-refractivity contribution is -0.115. The first kappa shape index (κ1) is 17.3. The Hall–Kier alpha value is -2.17. The molecule has 0 aliphatic heterocycles. The number of nitrogens with zero attached hydrogens (tertiary/aromatic N) is 3. The minimum absolute atomic E-state index is 0.0109. The van der Waals surface area contributed by atoms with Gasteiger partial charge < -0.3 is 5.32 Å². The van der Waals surface area contributed by atoms with Crippen LogP contribution in [-0.4, -0.2) is 20.7 Å². The molecule has 2 aliphatic rings. The number of aromatic nitrogens is 3. The molecular weight excluding hydrogens is 324 g/mol. The second kappa shape index (κ2) is 7.22. The van der Waals surface area contributed by atoms with Crippen molar-refractivity contribution in [3.05, 3.63) is 40.3 Å². The fourth-order valence-electron chi connectivity index (χ4n) is 3.92. The molecule has 0 unspecified atom stereocenters. The number of hydrogen-bond acceptors (Lipinski definition) is 3. The molecule has 5 nitrogen and oxygen atoms in total. The van der Waals surface area contributed by atoms with Crippen molar-refractivity contribution in [2.45, 2.75) is 71.8 Å². The van der Waals surface area contributed by atoms with Gasteiger partial charge in [-0.2, -0.15) is 5.10 Å². The van der Waals surface area contributed by atoms with Crippen LogP contribution < -0.4 is 5.32 Å². The lowest BCUT2D eigenvalue weighted by Crippen LogP contribution is -2.16. The second-order valence-electron chi connectivity index (χ2n) is 7.90. The summed E-state index contributed by atoms with van der Waals surface area (Å²) in [5.41, 5.74) is 5.83. The molecule has 4 rings (SSSR count). The lowest BCUT2D eigenvalue weighted by atomic mass is 10.1. The first-order valence-electron chi connectivity index (χ1n) is 9.90. The quantitative estimate of drug-likeness (QED) is 0.834. The Kier molecular flexibility index (Phi) is 4.79. The lowest BCUT2D eigenvalue weighted by Gasteiger charge is -2.09. The third-order valence-electron chi connectivity index (χ3n) is 5.74. The Morgan fingerprint density at radius 3 is 2.73 bits per heavy atom. The van der Waals surface area contributed by atoms with Gasteiger partial charge in [0, 0.05) is 24.0 Å². The zero-order chi connectivity index (χ0) is 18.1. The highest BCUT2D eigenvalue weighted by atomic mass is 16.1. The van der Waals surface area contributed by atoms with Crippen molar-refractivity contribution in [3.63, 3.8) is 0 Å². The molecule has 138 valence electrons. The fraction of sp³-hybridized carbons (Fsp3) is 0.571. The standard InChI is InChI=1S/C21H28N4O/c1-14-19(15(2)25(24-14)13-16-8-9-16)11-21(26)23-20-10-17-6-4-3-5-7-18(17)12-22-20/h10,12,16H,3-9,11,13H2,1-2H3,(H,22,23,26). The van der Waals surface area contributed by atoms with Gasteiger partial charge in [-0.15, -0.1) is 0 Å². The van der Waals surface area contributed by atoms with E-state index >= 15 is 0 Å². The van der Waals surface area contributed by atoms with Gasteiger partial charge in [-0.25, -0.2) is 4.98 Å². The maximum Gasteiger partial charge on any atom is 0.230 e. The smallest absolute Gasteiger partial charge is 0.230 e. The number of amides is 1. The van der Waals surface area contributed by atoms with E-state index in [1.807, 2.05) is 13.1 Å². The van der Waals surface area contributed by atoms with Crippen LogP contribution in [0.1, 0.15) is 60.2 Å². The topological polar surface area (TPSA) is 59.8 Å². The van der Waals surface area contributed by atoms with Gasteiger partial charge in [0.2, 0.25) is 5.91 Å². The summed E-state index contributed by atoms with van der Waals surface area (Å²) in [7, 11) is 0. The number of carbonyl (C=O) groups excluding carboxylic acids is 1. The highest BCUT2D eigenvalue weighted by Gasteiger charge is 2.24. The third-order valence-corrected chi connectivity index (χ3v) is 5.74. The third kappa shape index (κ3) is 3.81. The molecule has 0 bridgehead atoms. The van der Waals surface area contributed by atoms with Gasteiger partial charge in [0.25, 0.3) is 0 Å². The van der Waals surface area contributed by atoms with Gasteiger partial charge in [0.05, 0.1) is 12.1 Å². The molecule has 26 heavy (non-hydrogen) atoms. The number of rotatable bonds is 5. The van der Waals surface area contributed by atoms with E-state index in [-0.39, 0.29) is 5.91 Å². The number of fused-ring (bicyclic) bond motifs is 1. The van der Waals surface area contributed by atoms with Crippen LogP contribution in [-0.2, 0) is 30.6 Å². The van der Waals surface area contributed by atoms with Gasteiger partial charge in [-0.3, -0.25) is 9.48 Å². The van der Waals surface area contributed by atoms with E-state index in [4.69, 9.17) is 0 Å². The average molecular weight is 352 g/mol. The van der Waals surface area contributed by atoms with Crippen molar-refractivity contribution < 1.29 is 4.79 Å². The molecule has 2 aromatic heterocycles. The van der Waals surface area contributed by atoms with Crippen LogP contribution in [0.3, 0.4) is 0 Å². The van der Waals surface area contributed by atoms with Crippen LogP contribution >= 0.6 is 0 Å². The number of aryl methyl sites for hydroxylation is 3. The SMILES string of the molecule is Cc1nn(CC2CC2)c(C)c1CC(=O)Nc1cc2c(cn1)CCCCC2. The summed E-state index contributed by atoms with van der Waals surface area (Å²) in [5.74, 6) is 1.44. The van der Waals surface area contributed by atoms with Gasteiger partial charge in [-0.05, 0) is 75.5 Å². The largest absolute Gasteiger partial charge is 0.310 e. The molecule has 1 N–H and O–H groups in total. The van der Waals surface area contributed by atoms with Crippen molar-refractivity contribution in [2.75, 3.05) is 5.32 Å². The maximum atomic E-state index is 12.6. The fourth-order valence-corrected chi connectivity index (χ4v) is 3.92. The second-order valence-corrected chi connectivity index (χ2v) is 7.90. The van der Waals surface area contributed by atoms with E-state index in [0.717, 1.165) is 42.3 Å². The minimum atomic E-state index is -0.0109. The molecule has 2 aliphatic carbocycles. The molecule has 0 saturated heterocycles. The van der Waals surface area contributed by atoms with Gasteiger partial charge in [-0.1, -0.05) is 6.42 Å². The monoisotopic (exact) mass is 352 g/mol. The highest BCUT2D eigenvalue weighted by molar-refractivity contribution is 5.91. The van der Waals surface area contributed by atoms with E-state index in [2.05, 4.69) is 33.1 Å². The molecular formula is C21H28N4O. The Labute approximate surface area is 155 Å². The first-order valence-corrected chi connectivity index (χ1v) is 9.90. The van der Waals surface area contributed by atoms with Crippen molar-refractivity contribution in [1.29, 1.82) is 0 Å². The molecule has 0 aromatic carbocycles. The number of hydrogen-bond donors (Lipinski definition) is 1. The number of carbonyl (C=O) groups is 1. The number of pyridine rings is 1. The predicted octanol–water partition coefficient (Wildman–Crippen LogP) is 3.76. The van der Waals surface area contributed by atoms with E-state index in [1.165, 1.54) is 43.2 Å². The van der Waals surface area contributed by atoms with Crippen molar-refractivity contribution in [1.82, 2.24) is 14.8 Å². The maximum absolute atomic E-state index is 12.6.